The summed E-state index contributed by atoms with van der Waals surface area (Å²) in [4.78, 5) is 0. The average Bonchev–Trinajstić information content (AvgIpc) is 3.01. The van der Waals surface area contributed by atoms with Crippen molar-refractivity contribution in [3.8, 4) is 6.07 Å². The maximum absolute atomic E-state index is 13.3. The van der Waals surface area contributed by atoms with Crippen LogP contribution >= 0.6 is 0 Å². The summed E-state index contributed by atoms with van der Waals surface area (Å²) in [5.41, 5.74) is 0.150. The Morgan fingerprint density at radius 2 is 2.12 bits per heavy atom. The van der Waals surface area contributed by atoms with Crippen LogP contribution in [-0.2, 0) is 0 Å². The van der Waals surface area contributed by atoms with Gasteiger partial charge in [0.15, 0.2) is 0 Å². The molecule has 1 fully saturated rings. The van der Waals surface area contributed by atoms with Crippen molar-refractivity contribution in [2.75, 3.05) is 11.9 Å². The van der Waals surface area contributed by atoms with Crippen molar-refractivity contribution in [1.82, 2.24) is 0 Å². The molecule has 1 aliphatic rings. The van der Waals surface area contributed by atoms with Crippen LogP contribution in [0, 0.1) is 28.4 Å². The van der Waals surface area contributed by atoms with E-state index >= 15 is 0 Å². The summed E-state index contributed by atoms with van der Waals surface area (Å²) in [6.07, 6.45) is 2.42. The number of nitriles is 1. The minimum absolute atomic E-state index is 0.0203. The van der Waals surface area contributed by atoms with E-state index in [1.165, 1.54) is 0 Å². The third-order valence-corrected chi connectivity index (χ3v) is 2.99. The van der Waals surface area contributed by atoms with Gasteiger partial charge in [-0.3, -0.25) is 0 Å². The van der Waals surface area contributed by atoms with Gasteiger partial charge in [0.2, 0.25) is 0 Å². The molecule has 0 bridgehead atoms. The summed E-state index contributed by atoms with van der Waals surface area (Å²) in [6.45, 7) is 0.529. The Morgan fingerprint density at radius 3 is 2.75 bits per heavy atom. The lowest BCUT2D eigenvalue weighted by atomic mass is 10.0. The average molecular weight is 222 g/mol. The van der Waals surface area contributed by atoms with Crippen LogP contribution < -0.4 is 5.32 Å². The lowest BCUT2D eigenvalue weighted by Crippen LogP contribution is -2.15. The van der Waals surface area contributed by atoms with Gasteiger partial charge in [0, 0.05) is 18.4 Å². The number of halogens is 2. The van der Waals surface area contributed by atoms with Crippen LogP contribution in [0.15, 0.2) is 18.2 Å². The predicted molar refractivity (Wildman–Crippen MR) is 56.7 cm³/mol. The van der Waals surface area contributed by atoms with E-state index < -0.39 is 11.6 Å². The number of hydrogen-bond acceptors (Lipinski definition) is 2. The molecule has 0 saturated heterocycles. The largest absolute Gasteiger partial charge is 0.382 e. The van der Waals surface area contributed by atoms with E-state index in [4.69, 9.17) is 5.26 Å². The van der Waals surface area contributed by atoms with Crippen molar-refractivity contribution in [2.24, 2.45) is 5.41 Å². The fourth-order valence-electron chi connectivity index (χ4n) is 1.68. The van der Waals surface area contributed by atoms with Gasteiger partial charge in [-0.25, -0.2) is 8.78 Å². The highest BCUT2D eigenvalue weighted by molar-refractivity contribution is 5.45. The number of nitrogens with zero attached hydrogens (tertiary/aromatic N) is 1. The fourth-order valence-corrected chi connectivity index (χ4v) is 1.68. The number of rotatable bonds is 4. The zero-order valence-corrected chi connectivity index (χ0v) is 8.76. The molecule has 0 radical (unpaired) electrons. The van der Waals surface area contributed by atoms with Crippen LogP contribution in [0.3, 0.4) is 0 Å². The van der Waals surface area contributed by atoms with E-state index in [1.807, 2.05) is 0 Å². The SMILES string of the molecule is N#CCC1(CNc2cc(F)ccc2F)CC1. The number of hydrogen-bond donors (Lipinski definition) is 1. The monoisotopic (exact) mass is 222 g/mol. The van der Waals surface area contributed by atoms with Gasteiger partial charge >= 0.3 is 0 Å². The van der Waals surface area contributed by atoms with Gasteiger partial charge in [0.25, 0.3) is 0 Å². The van der Waals surface area contributed by atoms with Crippen molar-refractivity contribution in [3.63, 3.8) is 0 Å². The minimum atomic E-state index is -0.464. The molecule has 1 saturated carbocycles. The van der Waals surface area contributed by atoms with Crippen molar-refractivity contribution in [1.29, 1.82) is 5.26 Å². The number of anilines is 1. The Hall–Kier alpha value is -1.63. The highest BCUT2D eigenvalue weighted by atomic mass is 19.1. The fraction of sp³-hybridized carbons (Fsp3) is 0.417. The highest BCUT2D eigenvalue weighted by Crippen LogP contribution is 2.48. The number of nitrogens with one attached hydrogen (secondary N) is 1. The highest BCUT2D eigenvalue weighted by Gasteiger charge is 2.42. The van der Waals surface area contributed by atoms with Gasteiger partial charge < -0.3 is 5.32 Å². The van der Waals surface area contributed by atoms with Crippen molar-refractivity contribution >= 4 is 5.69 Å². The molecular formula is C12H12F2N2. The van der Waals surface area contributed by atoms with Crippen LogP contribution in [0.1, 0.15) is 19.3 Å². The van der Waals surface area contributed by atoms with E-state index in [1.54, 1.807) is 0 Å². The van der Waals surface area contributed by atoms with E-state index in [9.17, 15) is 8.78 Å². The lowest BCUT2D eigenvalue weighted by molar-refractivity contribution is 0.551. The van der Waals surface area contributed by atoms with Crippen molar-refractivity contribution < 1.29 is 8.78 Å². The van der Waals surface area contributed by atoms with Crippen molar-refractivity contribution in [3.05, 3.63) is 29.8 Å². The van der Waals surface area contributed by atoms with Gasteiger partial charge in [0.05, 0.1) is 11.8 Å². The summed E-state index contributed by atoms with van der Waals surface area (Å²) in [5, 5.41) is 11.5. The number of benzene rings is 1. The summed E-state index contributed by atoms with van der Waals surface area (Å²) in [7, 11) is 0. The maximum atomic E-state index is 13.3. The molecule has 0 aromatic heterocycles. The molecule has 2 rings (SSSR count). The van der Waals surface area contributed by atoms with Crippen LogP contribution in [0.25, 0.3) is 0 Å². The van der Waals surface area contributed by atoms with Crippen molar-refractivity contribution in [2.45, 2.75) is 19.3 Å². The lowest BCUT2D eigenvalue weighted by Gasteiger charge is -2.13. The smallest absolute Gasteiger partial charge is 0.146 e. The quantitative estimate of drug-likeness (QED) is 0.849. The molecule has 1 aliphatic carbocycles. The van der Waals surface area contributed by atoms with Gasteiger partial charge in [0.1, 0.15) is 11.6 Å². The molecule has 0 amide bonds. The molecule has 1 N–H and O–H groups in total. The van der Waals surface area contributed by atoms with E-state index in [-0.39, 0.29) is 11.1 Å². The second-order valence-electron chi connectivity index (χ2n) is 4.31. The molecule has 1 aromatic carbocycles. The Bertz CT molecular complexity index is 433. The van der Waals surface area contributed by atoms with Crippen LogP contribution in [0.2, 0.25) is 0 Å². The molecule has 0 unspecified atom stereocenters. The first-order valence-corrected chi connectivity index (χ1v) is 5.21. The Morgan fingerprint density at radius 1 is 1.38 bits per heavy atom. The molecule has 84 valence electrons. The van der Waals surface area contributed by atoms with E-state index in [0.717, 1.165) is 31.0 Å². The Kier molecular flexibility index (Phi) is 2.78. The second-order valence-corrected chi connectivity index (χ2v) is 4.31. The first kappa shape index (κ1) is 10.9. The van der Waals surface area contributed by atoms with Gasteiger partial charge in [-0.2, -0.15) is 5.26 Å². The minimum Gasteiger partial charge on any atom is -0.382 e. The molecule has 16 heavy (non-hydrogen) atoms. The first-order valence-electron chi connectivity index (χ1n) is 5.21. The molecular weight excluding hydrogens is 210 g/mol. The molecule has 0 atom stereocenters. The van der Waals surface area contributed by atoms with E-state index in [2.05, 4.69) is 11.4 Å². The van der Waals surface area contributed by atoms with Gasteiger partial charge in [-0.1, -0.05) is 0 Å². The molecule has 0 aliphatic heterocycles. The molecule has 0 heterocycles. The molecule has 1 aromatic rings. The molecule has 4 heteroatoms. The normalized spacial score (nSPS) is 16.6. The summed E-state index contributed by atoms with van der Waals surface area (Å²) in [6, 6.07) is 5.45. The summed E-state index contributed by atoms with van der Waals surface area (Å²) in [5.74, 6) is -0.928. The van der Waals surface area contributed by atoms with Gasteiger partial charge in [-0.05, 0) is 31.0 Å². The van der Waals surface area contributed by atoms with E-state index in [0.29, 0.717) is 13.0 Å². The standard InChI is InChI=1S/C12H12F2N2/c13-9-1-2-10(14)11(7-9)16-8-12(3-4-12)5-6-15/h1-2,7,16H,3-5,8H2. The predicted octanol–water partition coefficient (Wildman–Crippen LogP) is 3.07. The summed E-state index contributed by atoms with van der Waals surface area (Å²) >= 11 is 0. The Labute approximate surface area is 92.9 Å². The van der Waals surface area contributed by atoms with Gasteiger partial charge in [-0.15, -0.1) is 0 Å². The second kappa shape index (κ2) is 4.09. The van der Waals surface area contributed by atoms with Crippen LogP contribution in [0.5, 0.6) is 0 Å². The maximum Gasteiger partial charge on any atom is 0.146 e. The van der Waals surface area contributed by atoms with Crippen LogP contribution in [0.4, 0.5) is 14.5 Å². The van der Waals surface area contributed by atoms with Crippen LogP contribution in [-0.4, -0.2) is 6.54 Å². The topological polar surface area (TPSA) is 35.8 Å². The molecule has 0 spiro atoms. The molecule has 2 nitrogen and oxygen atoms in total. The first-order chi connectivity index (χ1) is 7.65. The zero-order valence-electron chi connectivity index (χ0n) is 8.76. The third-order valence-electron chi connectivity index (χ3n) is 2.99. The third kappa shape index (κ3) is 2.30. The summed E-state index contributed by atoms with van der Waals surface area (Å²) < 4.78 is 26.1. The zero-order chi connectivity index (χ0) is 11.6. The Balaban J connectivity index is 2.00.